The highest BCUT2D eigenvalue weighted by Gasteiger charge is 2.07. The number of carbonyl (C=O) groups excluding carboxylic acids is 1. The molecule has 0 atom stereocenters. The van der Waals surface area contributed by atoms with Gasteiger partial charge in [-0.2, -0.15) is 0 Å². The van der Waals surface area contributed by atoms with Gasteiger partial charge in [-0.25, -0.2) is 8.78 Å². The van der Waals surface area contributed by atoms with Gasteiger partial charge in [0.05, 0.1) is 6.61 Å². The van der Waals surface area contributed by atoms with Crippen molar-refractivity contribution in [1.29, 1.82) is 0 Å². The van der Waals surface area contributed by atoms with Crippen LogP contribution < -0.4 is 10.6 Å². The summed E-state index contributed by atoms with van der Waals surface area (Å²) < 4.78 is 28.2. The molecule has 2 N–H and O–H groups in total. The zero-order valence-electron chi connectivity index (χ0n) is 10.7. The van der Waals surface area contributed by atoms with Crippen LogP contribution in [0.15, 0.2) is 18.3 Å². The molecular formula is C12H17F2N3O2. The Morgan fingerprint density at radius 1 is 1.53 bits per heavy atom. The van der Waals surface area contributed by atoms with E-state index in [9.17, 15) is 13.6 Å². The summed E-state index contributed by atoms with van der Waals surface area (Å²) in [6, 6.07) is 3.38. The van der Waals surface area contributed by atoms with E-state index in [0.29, 0.717) is 0 Å². The zero-order valence-corrected chi connectivity index (χ0v) is 10.7. The molecule has 1 aromatic heterocycles. The third-order valence-corrected chi connectivity index (χ3v) is 2.15. The minimum atomic E-state index is -2.49. The van der Waals surface area contributed by atoms with Gasteiger partial charge in [0, 0.05) is 25.0 Å². The Morgan fingerprint density at radius 2 is 2.32 bits per heavy atom. The van der Waals surface area contributed by atoms with E-state index in [0.717, 1.165) is 12.2 Å². The van der Waals surface area contributed by atoms with Gasteiger partial charge in [0.25, 0.3) is 12.3 Å². The standard InChI is InChI=1S/C12H17F2N3O2/c1-2-15-9-3-4-16-10(7-9)12(18)17-5-6-19-8-11(13)14/h3-4,7,11H,2,5-6,8H2,1H3,(H,15,16)(H,17,18). The predicted molar refractivity (Wildman–Crippen MR) is 67.6 cm³/mol. The molecule has 1 aromatic rings. The summed E-state index contributed by atoms with van der Waals surface area (Å²) in [4.78, 5) is 15.6. The van der Waals surface area contributed by atoms with Crippen LogP contribution in [0.3, 0.4) is 0 Å². The van der Waals surface area contributed by atoms with Crippen LogP contribution in [0.25, 0.3) is 0 Å². The lowest BCUT2D eigenvalue weighted by Gasteiger charge is -2.07. The summed E-state index contributed by atoms with van der Waals surface area (Å²) in [5.41, 5.74) is 1.07. The number of halogens is 2. The SMILES string of the molecule is CCNc1ccnc(C(=O)NCCOCC(F)F)c1. The molecule has 1 amide bonds. The largest absolute Gasteiger partial charge is 0.385 e. The number of carbonyl (C=O) groups is 1. The fourth-order valence-corrected chi connectivity index (χ4v) is 1.37. The highest BCUT2D eigenvalue weighted by atomic mass is 19.3. The minimum Gasteiger partial charge on any atom is -0.385 e. The number of hydrogen-bond acceptors (Lipinski definition) is 4. The van der Waals surface area contributed by atoms with Gasteiger partial charge in [-0.1, -0.05) is 0 Å². The van der Waals surface area contributed by atoms with Crippen molar-refractivity contribution in [3.05, 3.63) is 24.0 Å². The van der Waals surface area contributed by atoms with E-state index >= 15 is 0 Å². The summed E-state index contributed by atoms with van der Waals surface area (Å²) in [5.74, 6) is -0.361. The number of alkyl halides is 2. The third-order valence-electron chi connectivity index (χ3n) is 2.15. The summed E-state index contributed by atoms with van der Waals surface area (Å²) in [5, 5.41) is 5.61. The van der Waals surface area contributed by atoms with E-state index < -0.39 is 13.0 Å². The molecule has 0 fully saturated rings. The molecule has 0 saturated carbocycles. The Hall–Kier alpha value is -1.76. The number of amides is 1. The quantitative estimate of drug-likeness (QED) is 0.705. The second-order valence-corrected chi connectivity index (χ2v) is 3.68. The van der Waals surface area contributed by atoms with Crippen molar-refractivity contribution in [2.75, 3.05) is 31.6 Å². The van der Waals surface area contributed by atoms with Gasteiger partial charge in [-0.15, -0.1) is 0 Å². The van der Waals surface area contributed by atoms with E-state index in [-0.39, 0.29) is 24.8 Å². The number of ether oxygens (including phenoxy) is 1. The zero-order chi connectivity index (χ0) is 14.1. The topological polar surface area (TPSA) is 63.2 Å². The number of aromatic nitrogens is 1. The molecule has 0 aromatic carbocycles. The van der Waals surface area contributed by atoms with Gasteiger partial charge in [-0.3, -0.25) is 9.78 Å². The molecular weight excluding hydrogens is 256 g/mol. The van der Waals surface area contributed by atoms with E-state index in [1.807, 2.05) is 6.92 Å². The number of anilines is 1. The first-order valence-electron chi connectivity index (χ1n) is 5.97. The molecule has 0 bridgehead atoms. The first-order chi connectivity index (χ1) is 9.13. The van der Waals surface area contributed by atoms with Crippen molar-refractivity contribution in [1.82, 2.24) is 10.3 Å². The maximum Gasteiger partial charge on any atom is 0.270 e. The molecule has 0 aliphatic carbocycles. The van der Waals surface area contributed by atoms with Crippen molar-refractivity contribution in [2.45, 2.75) is 13.3 Å². The molecule has 0 spiro atoms. The molecule has 7 heteroatoms. The molecule has 5 nitrogen and oxygen atoms in total. The van der Waals surface area contributed by atoms with Crippen molar-refractivity contribution >= 4 is 11.6 Å². The maximum absolute atomic E-state index is 11.8. The van der Waals surface area contributed by atoms with Crippen molar-refractivity contribution in [2.24, 2.45) is 0 Å². The van der Waals surface area contributed by atoms with Gasteiger partial charge in [0.1, 0.15) is 12.3 Å². The normalized spacial score (nSPS) is 10.5. The first kappa shape index (κ1) is 15.3. The maximum atomic E-state index is 11.8. The van der Waals surface area contributed by atoms with Gasteiger partial charge >= 0.3 is 0 Å². The fourth-order valence-electron chi connectivity index (χ4n) is 1.37. The second kappa shape index (κ2) is 8.36. The van der Waals surface area contributed by atoms with Crippen molar-refractivity contribution < 1.29 is 18.3 Å². The van der Waals surface area contributed by atoms with Crippen molar-refractivity contribution in [3.8, 4) is 0 Å². The van der Waals surface area contributed by atoms with Crippen LogP contribution in [0.5, 0.6) is 0 Å². The summed E-state index contributed by atoms with van der Waals surface area (Å²) in [7, 11) is 0. The van der Waals surface area contributed by atoms with E-state index in [1.165, 1.54) is 6.20 Å². The number of pyridine rings is 1. The summed E-state index contributed by atoms with van der Waals surface area (Å²) in [6.07, 6.45) is -0.964. The molecule has 106 valence electrons. The van der Waals surface area contributed by atoms with Gasteiger partial charge in [0.15, 0.2) is 0 Å². The van der Waals surface area contributed by atoms with Crippen LogP contribution in [0, 0.1) is 0 Å². The molecule has 1 rings (SSSR count). The molecule has 0 aliphatic rings. The van der Waals surface area contributed by atoms with Crippen LogP contribution in [0.2, 0.25) is 0 Å². The number of nitrogens with one attached hydrogen (secondary N) is 2. The first-order valence-corrected chi connectivity index (χ1v) is 5.97. The summed E-state index contributed by atoms with van der Waals surface area (Å²) >= 11 is 0. The van der Waals surface area contributed by atoms with E-state index in [2.05, 4.69) is 20.4 Å². The molecule has 0 saturated heterocycles. The molecule has 19 heavy (non-hydrogen) atoms. The Morgan fingerprint density at radius 3 is 3.00 bits per heavy atom. The van der Waals surface area contributed by atoms with Gasteiger partial charge in [0.2, 0.25) is 0 Å². The molecule has 0 unspecified atom stereocenters. The molecule has 0 radical (unpaired) electrons. The Bertz CT molecular complexity index is 402. The number of rotatable bonds is 8. The Balaban J connectivity index is 2.34. The van der Waals surface area contributed by atoms with Crippen LogP contribution in [-0.4, -0.2) is 43.6 Å². The summed E-state index contributed by atoms with van der Waals surface area (Å²) in [6.45, 7) is 2.28. The predicted octanol–water partition coefficient (Wildman–Crippen LogP) is 1.52. The van der Waals surface area contributed by atoms with E-state index in [1.54, 1.807) is 12.1 Å². The van der Waals surface area contributed by atoms with E-state index in [4.69, 9.17) is 0 Å². The number of nitrogens with zero attached hydrogens (tertiary/aromatic N) is 1. The molecule has 0 aliphatic heterocycles. The lowest BCUT2D eigenvalue weighted by atomic mass is 10.3. The van der Waals surface area contributed by atoms with Crippen LogP contribution >= 0.6 is 0 Å². The molecule has 1 heterocycles. The lowest BCUT2D eigenvalue weighted by Crippen LogP contribution is -2.28. The lowest BCUT2D eigenvalue weighted by molar-refractivity contribution is 0.0188. The van der Waals surface area contributed by atoms with Gasteiger partial charge in [-0.05, 0) is 19.1 Å². The van der Waals surface area contributed by atoms with Crippen LogP contribution in [0.1, 0.15) is 17.4 Å². The number of hydrogen-bond donors (Lipinski definition) is 2. The Kier molecular flexibility index (Phi) is 6.73. The average molecular weight is 273 g/mol. The monoisotopic (exact) mass is 273 g/mol. The highest BCUT2D eigenvalue weighted by Crippen LogP contribution is 2.07. The third kappa shape index (κ3) is 6.10. The highest BCUT2D eigenvalue weighted by molar-refractivity contribution is 5.93. The fraction of sp³-hybridized carbons (Fsp3) is 0.500. The van der Waals surface area contributed by atoms with Crippen LogP contribution in [0.4, 0.5) is 14.5 Å². The van der Waals surface area contributed by atoms with Gasteiger partial charge < -0.3 is 15.4 Å². The van der Waals surface area contributed by atoms with Crippen molar-refractivity contribution in [3.63, 3.8) is 0 Å². The smallest absolute Gasteiger partial charge is 0.270 e. The minimum absolute atomic E-state index is 0.0446. The Labute approximate surface area is 110 Å². The average Bonchev–Trinajstić information content (AvgIpc) is 2.38. The second-order valence-electron chi connectivity index (χ2n) is 3.68. The van der Waals surface area contributed by atoms with Crippen LogP contribution in [-0.2, 0) is 4.74 Å².